The van der Waals surface area contributed by atoms with Gasteiger partial charge in [0.2, 0.25) is 6.04 Å². The molecular weight excluding hydrogens is 298 g/mol. The van der Waals surface area contributed by atoms with Crippen molar-refractivity contribution >= 4 is 0 Å². The van der Waals surface area contributed by atoms with Gasteiger partial charge in [-0.3, -0.25) is 10.1 Å². The molecule has 0 aromatic heterocycles. The number of fused-ring (bicyclic) bond motifs is 4. The molecule has 0 aliphatic heterocycles. The molecule has 132 valence electrons. The lowest BCUT2D eigenvalue weighted by Gasteiger charge is -2.54. The van der Waals surface area contributed by atoms with E-state index in [0.717, 1.165) is 31.6 Å². The molecule has 0 amide bonds. The smallest absolute Gasteiger partial charge is 0.213 e. The van der Waals surface area contributed by atoms with Crippen molar-refractivity contribution in [3.8, 4) is 0 Å². The highest BCUT2D eigenvalue weighted by Crippen LogP contribution is 2.63. The predicted molar refractivity (Wildman–Crippen MR) is 96.2 cm³/mol. The van der Waals surface area contributed by atoms with Crippen molar-refractivity contribution < 1.29 is 4.92 Å². The van der Waals surface area contributed by atoms with Crippen molar-refractivity contribution in [2.75, 3.05) is 0 Å². The van der Waals surface area contributed by atoms with Crippen molar-refractivity contribution in [2.24, 2.45) is 28.6 Å². The van der Waals surface area contributed by atoms with Gasteiger partial charge in [-0.15, -0.1) is 0 Å². The van der Waals surface area contributed by atoms with Crippen molar-refractivity contribution in [1.29, 1.82) is 0 Å². The van der Waals surface area contributed by atoms with Gasteiger partial charge in [0.25, 0.3) is 0 Å². The summed E-state index contributed by atoms with van der Waals surface area (Å²) in [4.78, 5) is 11.2. The zero-order valence-corrected chi connectivity index (χ0v) is 15.4. The second-order valence-corrected chi connectivity index (χ2v) is 9.25. The Labute approximate surface area is 145 Å². The van der Waals surface area contributed by atoms with Gasteiger partial charge in [0, 0.05) is 23.7 Å². The molecule has 0 spiro atoms. The van der Waals surface area contributed by atoms with E-state index in [2.05, 4.69) is 32.9 Å². The summed E-state index contributed by atoms with van der Waals surface area (Å²) in [6, 6.07) is -0.296. The second kappa shape index (κ2) is 5.44. The molecule has 0 saturated heterocycles. The summed E-state index contributed by atoms with van der Waals surface area (Å²) in [5, 5.41) is 11.3. The lowest BCUT2D eigenvalue weighted by molar-refractivity contribution is -0.529. The number of nitro groups is 1. The summed E-state index contributed by atoms with van der Waals surface area (Å²) in [7, 11) is 0. The van der Waals surface area contributed by atoms with Crippen LogP contribution in [0.4, 0.5) is 0 Å². The van der Waals surface area contributed by atoms with E-state index in [9.17, 15) is 10.1 Å². The summed E-state index contributed by atoms with van der Waals surface area (Å²) in [5.41, 5.74) is 4.10. The van der Waals surface area contributed by atoms with Crippen LogP contribution in [0.3, 0.4) is 0 Å². The van der Waals surface area contributed by atoms with Crippen LogP contribution in [0.2, 0.25) is 0 Å². The van der Waals surface area contributed by atoms with E-state index in [4.69, 9.17) is 0 Å². The van der Waals surface area contributed by atoms with Crippen LogP contribution >= 0.6 is 0 Å². The maximum atomic E-state index is 11.3. The minimum absolute atomic E-state index is 0.0209. The first-order valence-electron chi connectivity index (χ1n) is 9.94. The fourth-order valence-electron chi connectivity index (χ4n) is 6.81. The van der Waals surface area contributed by atoms with Gasteiger partial charge in [-0.2, -0.15) is 0 Å². The summed E-state index contributed by atoms with van der Waals surface area (Å²) in [5.74, 6) is 1.89. The molecule has 3 nitrogen and oxygen atoms in total. The van der Waals surface area contributed by atoms with E-state index in [0.29, 0.717) is 17.3 Å². The summed E-state index contributed by atoms with van der Waals surface area (Å²) in [6.07, 6.45) is 13.7. The quantitative estimate of drug-likeness (QED) is 0.379. The van der Waals surface area contributed by atoms with Crippen LogP contribution in [0.15, 0.2) is 23.3 Å². The highest BCUT2D eigenvalue weighted by atomic mass is 16.6. The molecule has 24 heavy (non-hydrogen) atoms. The number of hydrogen-bond donors (Lipinski definition) is 0. The maximum Gasteiger partial charge on any atom is 0.213 e. The monoisotopic (exact) mass is 329 g/mol. The minimum Gasteiger partial charge on any atom is -0.264 e. The van der Waals surface area contributed by atoms with Gasteiger partial charge >= 0.3 is 0 Å². The number of nitrogens with zero attached hydrogens (tertiary/aromatic N) is 1. The molecule has 0 aromatic carbocycles. The van der Waals surface area contributed by atoms with Gasteiger partial charge in [0.15, 0.2) is 0 Å². The molecule has 1 saturated carbocycles. The Morgan fingerprint density at radius 1 is 1.21 bits per heavy atom. The lowest BCUT2D eigenvalue weighted by atomic mass is 9.50. The standard InChI is InChI=1S/C21H31NO2/c1-4-14-6-8-18-17-7-5-15-13-16(22(23)24)9-11-21(15,3)19(17)10-12-20(14,18)2/h6,8,14-16,18H,4-5,7,9-13H2,1-3H3/t14-,15?,16-,18?,20?,21?/m0/s1. The molecule has 4 aliphatic rings. The average Bonchev–Trinajstić information content (AvgIpc) is 2.90. The van der Waals surface area contributed by atoms with Crippen LogP contribution < -0.4 is 0 Å². The molecule has 0 heterocycles. The Kier molecular flexibility index (Phi) is 3.71. The van der Waals surface area contributed by atoms with Crippen LogP contribution in [-0.2, 0) is 0 Å². The fourth-order valence-corrected chi connectivity index (χ4v) is 6.81. The molecular formula is C21H31NO2. The van der Waals surface area contributed by atoms with Gasteiger partial charge in [0.1, 0.15) is 0 Å². The van der Waals surface area contributed by atoms with Crippen LogP contribution in [-0.4, -0.2) is 11.0 Å². The molecule has 0 bridgehead atoms. The van der Waals surface area contributed by atoms with Crippen molar-refractivity contribution in [3.05, 3.63) is 33.4 Å². The third kappa shape index (κ3) is 2.09. The molecule has 4 aliphatic carbocycles. The van der Waals surface area contributed by atoms with Crippen LogP contribution in [0.25, 0.3) is 0 Å². The predicted octanol–water partition coefficient (Wildman–Crippen LogP) is 5.54. The van der Waals surface area contributed by atoms with Gasteiger partial charge < -0.3 is 0 Å². The molecule has 4 rings (SSSR count). The molecule has 4 unspecified atom stereocenters. The molecule has 0 aromatic rings. The van der Waals surface area contributed by atoms with Crippen LogP contribution in [0.1, 0.15) is 72.1 Å². The topological polar surface area (TPSA) is 43.1 Å². The Hall–Kier alpha value is -1.12. The highest BCUT2D eigenvalue weighted by Gasteiger charge is 2.54. The Morgan fingerprint density at radius 2 is 2.00 bits per heavy atom. The van der Waals surface area contributed by atoms with E-state index in [1.807, 2.05) is 0 Å². The molecule has 0 N–H and O–H groups in total. The van der Waals surface area contributed by atoms with Crippen LogP contribution in [0, 0.1) is 38.7 Å². The Bertz CT molecular complexity index is 621. The number of hydrogen-bond acceptors (Lipinski definition) is 2. The maximum absolute atomic E-state index is 11.3. The van der Waals surface area contributed by atoms with Crippen molar-refractivity contribution in [1.82, 2.24) is 0 Å². The highest BCUT2D eigenvalue weighted by molar-refractivity contribution is 5.38. The minimum atomic E-state index is -0.296. The first kappa shape index (κ1) is 16.4. The Balaban J connectivity index is 1.67. The van der Waals surface area contributed by atoms with Crippen molar-refractivity contribution in [2.45, 2.75) is 78.2 Å². The van der Waals surface area contributed by atoms with Crippen molar-refractivity contribution in [3.63, 3.8) is 0 Å². The van der Waals surface area contributed by atoms with E-state index < -0.39 is 0 Å². The third-order valence-corrected chi connectivity index (χ3v) is 8.41. The first-order chi connectivity index (χ1) is 11.4. The summed E-state index contributed by atoms with van der Waals surface area (Å²) in [6.45, 7) is 7.26. The first-order valence-corrected chi connectivity index (χ1v) is 9.94. The zero-order chi connectivity index (χ0) is 17.1. The Morgan fingerprint density at radius 3 is 2.71 bits per heavy atom. The number of rotatable bonds is 2. The van der Waals surface area contributed by atoms with E-state index in [1.54, 1.807) is 11.1 Å². The normalized spacial score (nSPS) is 47.1. The molecule has 6 atom stereocenters. The number of allylic oxidation sites excluding steroid dienone is 4. The van der Waals surface area contributed by atoms with Gasteiger partial charge in [-0.25, -0.2) is 0 Å². The zero-order valence-electron chi connectivity index (χ0n) is 15.4. The summed E-state index contributed by atoms with van der Waals surface area (Å²) >= 11 is 0. The van der Waals surface area contributed by atoms with Gasteiger partial charge in [-0.05, 0) is 61.2 Å². The molecule has 3 heteroatoms. The van der Waals surface area contributed by atoms with Crippen LogP contribution in [0.5, 0.6) is 0 Å². The third-order valence-electron chi connectivity index (χ3n) is 8.41. The summed E-state index contributed by atoms with van der Waals surface area (Å²) < 4.78 is 0. The largest absolute Gasteiger partial charge is 0.264 e. The lowest BCUT2D eigenvalue weighted by Crippen LogP contribution is -2.46. The SMILES string of the molecule is CC[C@H]1C=CC2C3=C(CCC21C)C1(C)CC[C@H]([N+](=O)[O-])CC1CC3. The molecule has 1 fully saturated rings. The van der Waals surface area contributed by atoms with Gasteiger partial charge in [0.05, 0.1) is 0 Å². The fraction of sp³-hybridized carbons (Fsp3) is 0.810. The van der Waals surface area contributed by atoms with E-state index in [1.165, 1.54) is 25.7 Å². The second-order valence-electron chi connectivity index (χ2n) is 9.25. The van der Waals surface area contributed by atoms with E-state index >= 15 is 0 Å². The molecule has 0 radical (unpaired) electrons. The van der Waals surface area contributed by atoms with E-state index in [-0.39, 0.29) is 16.4 Å². The average molecular weight is 329 g/mol. The van der Waals surface area contributed by atoms with Gasteiger partial charge in [-0.1, -0.05) is 44.1 Å².